The molecular weight excluding hydrogens is 320 g/mol. The molecule has 110 valence electrons. The van der Waals surface area contributed by atoms with E-state index in [1.54, 1.807) is 0 Å². The lowest BCUT2D eigenvalue weighted by molar-refractivity contribution is -0.205. The standard InChI is InChI=1S/C16H21BrO3/c1-15(2)12(14(18)19-4)10-13(17)16(3,20-15)11-8-6-5-7-9-11/h5-9,12-13H,10H2,1-4H3/t12-,13+,16-/m1/s1. The van der Waals surface area contributed by atoms with Gasteiger partial charge in [-0.3, -0.25) is 4.79 Å². The zero-order valence-corrected chi connectivity index (χ0v) is 13.9. The number of alkyl halides is 1. The molecule has 3 nitrogen and oxygen atoms in total. The summed E-state index contributed by atoms with van der Waals surface area (Å²) in [4.78, 5) is 12.0. The predicted molar refractivity (Wildman–Crippen MR) is 81.8 cm³/mol. The Balaban J connectivity index is 2.34. The lowest BCUT2D eigenvalue weighted by Crippen LogP contribution is -2.55. The van der Waals surface area contributed by atoms with Crippen molar-refractivity contribution in [3.63, 3.8) is 0 Å². The van der Waals surface area contributed by atoms with Crippen LogP contribution in [0.3, 0.4) is 0 Å². The number of benzene rings is 1. The molecular formula is C16H21BrO3. The molecule has 2 rings (SSSR count). The summed E-state index contributed by atoms with van der Waals surface area (Å²) >= 11 is 3.70. The second kappa shape index (κ2) is 5.49. The number of halogens is 1. The molecule has 0 radical (unpaired) electrons. The first-order valence-corrected chi connectivity index (χ1v) is 7.70. The quantitative estimate of drug-likeness (QED) is 0.608. The minimum atomic E-state index is -0.568. The van der Waals surface area contributed by atoms with Crippen LogP contribution >= 0.6 is 15.9 Å². The molecule has 1 heterocycles. The Morgan fingerprint density at radius 2 is 1.90 bits per heavy atom. The van der Waals surface area contributed by atoms with Gasteiger partial charge in [-0.05, 0) is 32.8 Å². The highest BCUT2D eigenvalue weighted by molar-refractivity contribution is 9.09. The average Bonchev–Trinajstić information content (AvgIpc) is 2.42. The van der Waals surface area contributed by atoms with Crippen LogP contribution in [0.1, 0.15) is 32.8 Å². The average molecular weight is 341 g/mol. The fourth-order valence-electron chi connectivity index (χ4n) is 2.93. The Bertz CT molecular complexity index is 486. The molecule has 3 atom stereocenters. The highest BCUT2D eigenvalue weighted by atomic mass is 79.9. The van der Waals surface area contributed by atoms with Gasteiger partial charge in [-0.2, -0.15) is 0 Å². The van der Waals surface area contributed by atoms with E-state index in [1.807, 2.05) is 32.0 Å². The van der Waals surface area contributed by atoms with E-state index >= 15 is 0 Å². The minimum absolute atomic E-state index is 0.0505. The summed E-state index contributed by atoms with van der Waals surface area (Å²) in [6.07, 6.45) is 0.686. The summed E-state index contributed by atoms with van der Waals surface area (Å²) in [7, 11) is 1.42. The molecule has 0 aliphatic carbocycles. The zero-order valence-electron chi connectivity index (χ0n) is 12.4. The fourth-order valence-corrected chi connectivity index (χ4v) is 3.66. The Kier molecular flexibility index (Phi) is 4.26. The summed E-state index contributed by atoms with van der Waals surface area (Å²) in [5, 5.41) is 0. The van der Waals surface area contributed by atoms with Gasteiger partial charge in [0.2, 0.25) is 0 Å². The van der Waals surface area contributed by atoms with E-state index < -0.39 is 11.2 Å². The number of carbonyl (C=O) groups is 1. The molecule has 0 unspecified atom stereocenters. The van der Waals surface area contributed by atoms with Gasteiger partial charge in [0, 0.05) is 4.83 Å². The molecule has 1 aliphatic rings. The summed E-state index contributed by atoms with van der Waals surface area (Å²) < 4.78 is 11.3. The van der Waals surface area contributed by atoms with Crippen LogP contribution in [0.15, 0.2) is 30.3 Å². The number of rotatable bonds is 2. The molecule has 0 aromatic heterocycles. The number of esters is 1. The predicted octanol–water partition coefficient (Wildman–Crippen LogP) is 3.65. The van der Waals surface area contributed by atoms with Crippen molar-refractivity contribution in [1.82, 2.24) is 0 Å². The maximum Gasteiger partial charge on any atom is 0.311 e. The molecule has 0 N–H and O–H groups in total. The smallest absolute Gasteiger partial charge is 0.311 e. The Labute approximate surface area is 128 Å². The SMILES string of the molecule is COC(=O)[C@H]1C[C@H](Br)[C@@](C)(c2ccccc2)OC1(C)C. The summed E-state index contributed by atoms with van der Waals surface area (Å²) in [5.74, 6) is -0.483. The number of ether oxygens (including phenoxy) is 2. The maximum absolute atomic E-state index is 12.0. The first kappa shape index (κ1) is 15.5. The van der Waals surface area contributed by atoms with Crippen molar-refractivity contribution in [2.45, 2.75) is 43.2 Å². The number of carbonyl (C=O) groups excluding carboxylic acids is 1. The van der Waals surface area contributed by atoms with Gasteiger partial charge in [0.1, 0.15) is 5.60 Å². The highest BCUT2D eigenvalue weighted by Crippen LogP contribution is 2.48. The van der Waals surface area contributed by atoms with E-state index in [0.717, 1.165) is 5.56 Å². The molecule has 0 amide bonds. The monoisotopic (exact) mass is 340 g/mol. The molecule has 0 saturated carbocycles. The van der Waals surface area contributed by atoms with Crippen LogP contribution in [-0.2, 0) is 19.9 Å². The first-order valence-electron chi connectivity index (χ1n) is 6.79. The summed E-state index contributed by atoms with van der Waals surface area (Å²) in [6, 6.07) is 10.1. The van der Waals surface area contributed by atoms with E-state index in [2.05, 4.69) is 35.0 Å². The number of hydrogen-bond acceptors (Lipinski definition) is 3. The lowest BCUT2D eigenvalue weighted by Gasteiger charge is -2.50. The largest absolute Gasteiger partial charge is 0.469 e. The summed E-state index contributed by atoms with van der Waals surface area (Å²) in [5.41, 5.74) is 0.0790. The second-order valence-electron chi connectivity index (χ2n) is 5.96. The van der Waals surface area contributed by atoms with Crippen LogP contribution in [0.25, 0.3) is 0 Å². The molecule has 4 heteroatoms. The van der Waals surface area contributed by atoms with Gasteiger partial charge < -0.3 is 9.47 Å². The van der Waals surface area contributed by atoms with Gasteiger partial charge in [-0.25, -0.2) is 0 Å². The summed E-state index contributed by atoms with van der Waals surface area (Å²) in [6.45, 7) is 5.97. The van der Waals surface area contributed by atoms with Crippen molar-refractivity contribution in [2.75, 3.05) is 7.11 Å². The molecule has 1 fully saturated rings. The normalized spacial score (nSPS) is 32.6. The first-order chi connectivity index (χ1) is 9.31. The van der Waals surface area contributed by atoms with Crippen molar-refractivity contribution >= 4 is 21.9 Å². The van der Waals surface area contributed by atoms with Crippen LogP contribution in [-0.4, -0.2) is 23.5 Å². The van der Waals surface area contributed by atoms with Crippen LogP contribution in [0, 0.1) is 5.92 Å². The topological polar surface area (TPSA) is 35.5 Å². The van der Waals surface area contributed by atoms with Gasteiger partial charge in [0.05, 0.1) is 18.6 Å². The van der Waals surface area contributed by atoms with Crippen molar-refractivity contribution in [3.05, 3.63) is 35.9 Å². The zero-order chi connectivity index (χ0) is 15.0. The van der Waals surface area contributed by atoms with Gasteiger partial charge >= 0.3 is 5.97 Å². The molecule has 1 saturated heterocycles. The van der Waals surface area contributed by atoms with Crippen LogP contribution < -0.4 is 0 Å². The van der Waals surface area contributed by atoms with Crippen LogP contribution in [0.2, 0.25) is 0 Å². The third-order valence-corrected chi connectivity index (χ3v) is 5.43. The highest BCUT2D eigenvalue weighted by Gasteiger charge is 2.52. The minimum Gasteiger partial charge on any atom is -0.469 e. The van der Waals surface area contributed by atoms with E-state index in [0.29, 0.717) is 6.42 Å². The molecule has 1 aromatic rings. The Morgan fingerprint density at radius 3 is 2.45 bits per heavy atom. The lowest BCUT2D eigenvalue weighted by atomic mass is 9.76. The molecule has 20 heavy (non-hydrogen) atoms. The van der Waals surface area contributed by atoms with E-state index in [4.69, 9.17) is 9.47 Å². The van der Waals surface area contributed by atoms with E-state index in [9.17, 15) is 4.79 Å². The van der Waals surface area contributed by atoms with Crippen molar-refractivity contribution in [2.24, 2.45) is 5.92 Å². The van der Waals surface area contributed by atoms with Crippen molar-refractivity contribution in [3.8, 4) is 0 Å². The number of methoxy groups -OCH3 is 1. The molecule has 1 aromatic carbocycles. The van der Waals surface area contributed by atoms with Crippen LogP contribution in [0.4, 0.5) is 0 Å². The third-order valence-electron chi connectivity index (χ3n) is 4.19. The molecule has 0 spiro atoms. The third kappa shape index (κ3) is 2.63. The Morgan fingerprint density at radius 1 is 1.30 bits per heavy atom. The maximum atomic E-state index is 12.0. The van der Waals surface area contributed by atoms with Gasteiger partial charge in [0.25, 0.3) is 0 Å². The molecule has 0 bridgehead atoms. The van der Waals surface area contributed by atoms with Gasteiger partial charge in [0.15, 0.2) is 0 Å². The molecule has 1 aliphatic heterocycles. The van der Waals surface area contributed by atoms with E-state index in [1.165, 1.54) is 7.11 Å². The van der Waals surface area contributed by atoms with E-state index in [-0.39, 0.29) is 16.7 Å². The van der Waals surface area contributed by atoms with Crippen LogP contribution in [0.5, 0.6) is 0 Å². The van der Waals surface area contributed by atoms with Crippen molar-refractivity contribution in [1.29, 1.82) is 0 Å². The Hall–Kier alpha value is -0.870. The van der Waals surface area contributed by atoms with Gasteiger partial charge in [-0.1, -0.05) is 46.3 Å². The van der Waals surface area contributed by atoms with Crippen molar-refractivity contribution < 1.29 is 14.3 Å². The fraction of sp³-hybridized carbons (Fsp3) is 0.562. The second-order valence-corrected chi connectivity index (χ2v) is 7.06. The number of hydrogen-bond donors (Lipinski definition) is 0. The van der Waals surface area contributed by atoms with Gasteiger partial charge in [-0.15, -0.1) is 0 Å².